The van der Waals surface area contributed by atoms with Crippen molar-refractivity contribution in [1.29, 1.82) is 0 Å². The maximum Gasteiger partial charge on any atom is 0.162 e. The van der Waals surface area contributed by atoms with Crippen LogP contribution in [0.25, 0.3) is 0 Å². The number of pyridine rings is 1. The van der Waals surface area contributed by atoms with E-state index in [9.17, 15) is 9.90 Å². The van der Waals surface area contributed by atoms with Crippen molar-refractivity contribution in [3.05, 3.63) is 54.2 Å². The number of aromatic nitrogens is 1. The molecule has 1 atom stereocenters. The molecule has 0 aliphatic carbocycles. The number of hydrogen-bond donors (Lipinski definition) is 1. The first-order valence-corrected chi connectivity index (χ1v) is 8.15. The molecule has 1 aromatic carbocycles. The van der Waals surface area contributed by atoms with Crippen LogP contribution in [0.15, 0.2) is 53.7 Å². The molecule has 0 aliphatic heterocycles. The zero-order chi connectivity index (χ0) is 15.8. The molecule has 2 aromatic rings. The fraction of sp³-hybridized carbons (Fsp3) is 0.294. The normalized spacial score (nSPS) is 11.9. The van der Waals surface area contributed by atoms with Gasteiger partial charge in [0.25, 0.3) is 0 Å². The van der Waals surface area contributed by atoms with E-state index in [2.05, 4.69) is 4.98 Å². The lowest BCUT2D eigenvalue weighted by molar-refractivity contribution is 0.0987. The smallest absolute Gasteiger partial charge is 0.162 e. The number of Topliss-reactive ketones (excluding diaryl/α,β-unsaturated/α-hetero) is 1. The van der Waals surface area contributed by atoms with E-state index in [1.165, 1.54) is 11.8 Å². The Labute approximate surface area is 134 Å². The summed E-state index contributed by atoms with van der Waals surface area (Å²) in [5.74, 6) is 1.27. The van der Waals surface area contributed by atoms with Crippen molar-refractivity contribution in [1.82, 2.24) is 4.98 Å². The molecule has 0 amide bonds. The summed E-state index contributed by atoms with van der Waals surface area (Å²) in [4.78, 5) is 15.7. The summed E-state index contributed by atoms with van der Waals surface area (Å²) < 4.78 is 5.53. The molecule has 0 saturated carbocycles. The number of aliphatic hydroxyl groups excluding tert-OH is 1. The van der Waals surface area contributed by atoms with E-state index in [1.807, 2.05) is 25.1 Å². The quantitative estimate of drug-likeness (QED) is 0.598. The van der Waals surface area contributed by atoms with Gasteiger partial charge in [0.2, 0.25) is 0 Å². The van der Waals surface area contributed by atoms with Crippen LogP contribution in [0.5, 0.6) is 5.75 Å². The molecule has 5 heteroatoms. The molecule has 1 N–H and O–H groups in total. The van der Waals surface area contributed by atoms with Gasteiger partial charge in [-0.1, -0.05) is 13.0 Å². The van der Waals surface area contributed by atoms with E-state index in [-0.39, 0.29) is 12.4 Å². The average Bonchev–Trinajstić information content (AvgIpc) is 2.58. The van der Waals surface area contributed by atoms with Crippen LogP contribution >= 0.6 is 11.8 Å². The van der Waals surface area contributed by atoms with Gasteiger partial charge in [-0.3, -0.25) is 4.79 Å². The highest BCUT2D eigenvalue weighted by molar-refractivity contribution is 7.99. The van der Waals surface area contributed by atoms with Gasteiger partial charge in [-0.05, 0) is 36.4 Å². The van der Waals surface area contributed by atoms with Crippen LogP contribution in [0, 0.1) is 0 Å². The maximum absolute atomic E-state index is 11.5. The van der Waals surface area contributed by atoms with E-state index < -0.39 is 6.10 Å². The van der Waals surface area contributed by atoms with Gasteiger partial charge in [0, 0.05) is 23.9 Å². The summed E-state index contributed by atoms with van der Waals surface area (Å²) >= 11 is 1.49. The number of ketones is 1. The Morgan fingerprint density at radius 1 is 1.27 bits per heavy atom. The first-order valence-electron chi connectivity index (χ1n) is 7.17. The van der Waals surface area contributed by atoms with Gasteiger partial charge in [-0.2, -0.15) is 0 Å². The molecule has 22 heavy (non-hydrogen) atoms. The summed E-state index contributed by atoms with van der Waals surface area (Å²) in [6.07, 6.45) is 1.64. The molecule has 0 radical (unpaired) electrons. The Morgan fingerprint density at radius 3 is 2.68 bits per heavy atom. The first-order chi connectivity index (χ1) is 10.7. The Hall–Kier alpha value is -1.85. The Bertz CT molecular complexity index is 587. The number of hydrogen-bond acceptors (Lipinski definition) is 5. The van der Waals surface area contributed by atoms with Gasteiger partial charge in [0.1, 0.15) is 12.4 Å². The van der Waals surface area contributed by atoms with Gasteiger partial charge in [-0.25, -0.2) is 4.98 Å². The molecule has 1 aromatic heterocycles. The van der Waals surface area contributed by atoms with Crippen LogP contribution in [-0.4, -0.2) is 34.3 Å². The summed E-state index contributed by atoms with van der Waals surface area (Å²) in [5, 5.41) is 10.8. The van der Waals surface area contributed by atoms with Crippen molar-refractivity contribution in [3.8, 4) is 5.75 Å². The van der Waals surface area contributed by atoms with Crippen LogP contribution in [0.3, 0.4) is 0 Å². The SMILES string of the molecule is CCC(=O)c1ccc(OC[C@@H](O)CSc2ccccn2)cc1. The van der Waals surface area contributed by atoms with Gasteiger partial charge >= 0.3 is 0 Å². The Balaban J connectivity index is 1.76. The third kappa shape index (κ3) is 5.16. The van der Waals surface area contributed by atoms with Crippen molar-refractivity contribution in [2.24, 2.45) is 0 Å². The number of carbonyl (C=O) groups is 1. The van der Waals surface area contributed by atoms with Gasteiger partial charge in [-0.15, -0.1) is 11.8 Å². The molecule has 1 heterocycles. The molecule has 0 fully saturated rings. The van der Waals surface area contributed by atoms with Crippen molar-refractivity contribution in [2.45, 2.75) is 24.5 Å². The number of nitrogens with zero attached hydrogens (tertiary/aromatic N) is 1. The van der Waals surface area contributed by atoms with Crippen LogP contribution in [0.1, 0.15) is 23.7 Å². The Morgan fingerprint density at radius 2 is 2.05 bits per heavy atom. The molecule has 0 spiro atoms. The monoisotopic (exact) mass is 317 g/mol. The lowest BCUT2D eigenvalue weighted by atomic mass is 10.1. The fourth-order valence-electron chi connectivity index (χ4n) is 1.80. The zero-order valence-electron chi connectivity index (χ0n) is 12.4. The summed E-state index contributed by atoms with van der Waals surface area (Å²) in [6.45, 7) is 2.04. The molecular formula is C17H19NO3S. The van der Waals surface area contributed by atoms with Crippen molar-refractivity contribution in [3.63, 3.8) is 0 Å². The summed E-state index contributed by atoms with van der Waals surface area (Å²) in [5.41, 5.74) is 0.682. The summed E-state index contributed by atoms with van der Waals surface area (Å²) in [6, 6.07) is 12.7. The van der Waals surface area contributed by atoms with Gasteiger partial charge in [0.15, 0.2) is 5.78 Å². The second-order valence-corrected chi connectivity index (χ2v) is 5.79. The van der Waals surface area contributed by atoms with Crippen molar-refractivity contribution >= 4 is 17.5 Å². The standard InChI is InChI=1S/C17H19NO3S/c1-2-16(20)13-6-8-15(9-7-13)21-11-14(19)12-22-17-5-3-4-10-18-17/h3-10,14,19H,2,11-12H2,1H3/t14-/m1/s1. The second-order valence-electron chi connectivity index (χ2n) is 4.74. The van der Waals surface area contributed by atoms with Crippen LogP contribution < -0.4 is 4.74 Å². The number of rotatable bonds is 8. The summed E-state index contributed by atoms with van der Waals surface area (Å²) in [7, 11) is 0. The van der Waals surface area contributed by atoms with E-state index in [0.717, 1.165) is 5.03 Å². The molecule has 0 unspecified atom stereocenters. The van der Waals surface area contributed by atoms with E-state index in [4.69, 9.17) is 4.74 Å². The predicted octanol–water partition coefficient (Wildman–Crippen LogP) is 3.21. The maximum atomic E-state index is 11.5. The van der Waals surface area contributed by atoms with E-state index in [1.54, 1.807) is 30.5 Å². The van der Waals surface area contributed by atoms with Gasteiger partial charge < -0.3 is 9.84 Å². The number of thioether (sulfide) groups is 1. The minimum absolute atomic E-state index is 0.110. The molecule has 0 bridgehead atoms. The molecule has 4 nitrogen and oxygen atoms in total. The highest BCUT2D eigenvalue weighted by atomic mass is 32.2. The number of carbonyl (C=O) groups excluding carboxylic acids is 1. The number of aliphatic hydroxyl groups is 1. The molecule has 116 valence electrons. The van der Waals surface area contributed by atoms with E-state index >= 15 is 0 Å². The topological polar surface area (TPSA) is 59.4 Å². The van der Waals surface area contributed by atoms with Crippen LogP contribution in [0.4, 0.5) is 0 Å². The highest BCUT2D eigenvalue weighted by Crippen LogP contribution is 2.17. The van der Waals surface area contributed by atoms with Crippen LogP contribution in [-0.2, 0) is 0 Å². The zero-order valence-corrected chi connectivity index (χ0v) is 13.3. The van der Waals surface area contributed by atoms with Crippen molar-refractivity contribution in [2.75, 3.05) is 12.4 Å². The third-order valence-corrected chi connectivity index (χ3v) is 4.09. The second kappa shape index (κ2) is 8.56. The van der Waals surface area contributed by atoms with Crippen molar-refractivity contribution < 1.29 is 14.6 Å². The van der Waals surface area contributed by atoms with E-state index in [0.29, 0.717) is 23.5 Å². The van der Waals surface area contributed by atoms with Crippen LogP contribution in [0.2, 0.25) is 0 Å². The highest BCUT2D eigenvalue weighted by Gasteiger charge is 2.08. The lowest BCUT2D eigenvalue weighted by Gasteiger charge is -2.12. The van der Waals surface area contributed by atoms with Gasteiger partial charge in [0.05, 0.1) is 11.1 Å². The first kappa shape index (κ1) is 16.5. The number of benzene rings is 1. The predicted molar refractivity (Wildman–Crippen MR) is 87.5 cm³/mol. The lowest BCUT2D eigenvalue weighted by Crippen LogP contribution is -2.20. The largest absolute Gasteiger partial charge is 0.491 e. The Kier molecular flexibility index (Phi) is 6.43. The molecule has 0 saturated heterocycles. The third-order valence-electron chi connectivity index (χ3n) is 3.00. The molecule has 0 aliphatic rings. The fourth-order valence-corrected chi connectivity index (χ4v) is 2.57. The minimum atomic E-state index is -0.580. The average molecular weight is 317 g/mol. The molecular weight excluding hydrogens is 298 g/mol. The minimum Gasteiger partial charge on any atom is -0.491 e. The molecule has 2 rings (SSSR count). The number of ether oxygens (including phenoxy) is 1.